The Kier molecular flexibility index (Phi) is 15.4. The largest absolute Gasteiger partial charge is 0.343 e. The lowest BCUT2D eigenvalue weighted by Crippen LogP contribution is -2.55. The number of unbranched alkanes of at least 4 members (excludes halogenated alkanes) is 3. The number of carbonyl (C=O) groups excluding carboxylic acids is 6. The summed E-state index contributed by atoms with van der Waals surface area (Å²) in [6, 6.07) is 27.5. The molecule has 4 aromatic carbocycles. The Morgan fingerprint density at radius 2 is 0.824 bits per heavy atom. The minimum Gasteiger partial charge on any atom is -0.343 e. The lowest BCUT2D eigenvalue weighted by Gasteiger charge is -2.30. The zero-order chi connectivity index (χ0) is 47.9. The molecule has 6 N–H and O–H groups in total. The molecule has 0 radical (unpaired) electrons. The van der Waals surface area contributed by atoms with Crippen molar-refractivity contribution < 1.29 is 28.8 Å². The highest BCUT2D eigenvalue weighted by atomic mass is 16.2. The first-order valence-corrected chi connectivity index (χ1v) is 24.5. The van der Waals surface area contributed by atoms with E-state index < -0.39 is 36.3 Å². The summed E-state index contributed by atoms with van der Waals surface area (Å²) in [5.41, 5.74) is 8.44. The molecule has 68 heavy (non-hydrogen) atoms. The Balaban J connectivity index is 0.885. The fourth-order valence-corrected chi connectivity index (χ4v) is 10.5. The van der Waals surface area contributed by atoms with Crippen LogP contribution in [0, 0.1) is 0 Å². The van der Waals surface area contributed by atoms with Crippen LogP contribution < -0.4 is 31.9 Å². The van der Waals surface area contributed by atoms with Gasteiger partial charge in [-0.3, -0.25) is 28.8 Å². The lowest BCUT2D eigenvalue weighted by atomic mass is 10.0. The third kappa shape index (κ3) is 10.1. The summed E-state index contributed by atoms with van der Waals surface area (Å²) in [4.78, 5) is 86.8. The summed E-state index contributed by atoms with van der Waals surface area (Å²) in [5.74, 6) is -1.58. The maximum absolute atomic E-state index is 14.4. The summed E-state index contributed by atoms with van der Waals surface area (Å²) in [6.45, 7) is 4.30. The van der Waals surface area contributed by atoms with E-state index >= 15 is 0 Å². The van der Waals surface area contributed by atoms with Gasteiger partial charge >= 0.3 is 0 Å². The molecule has 2 fully saturated rings. The minimum atomic E-state index is -0.833. The molecule has 4 aliphatic rings. The number of nitrogens with zero attached hydrogens (tertiary/aromatic N) is 2. The van der Waals surface area contributed by atoms with Gasteiger partial charge in [0.2, 0.25) is 35.4 Å². The van der Waals surface area contributed by atoms with Crippen LogP contribution in [0.1, 0.15) is 112 Å². The molecule has 2 heterocycles. The number of likely N-dealkylation sites (tertiary alicyclic amines) is 2. The van der Waals surface area contributed by atoms with Crippen LogP contribution in [-0.4, -0.2) is 109 Å². The topological polar surface area (TPSA) is 181 Å². The molecule has 14 heteroatoms. The van der Waals surface area contributed by atoms with Gasteiger partial charge in [0.1, 0.15) is 24.2 Å². The summed E-state index contributed by atoms with van der Waals surface area (Å²) in [7, 11) is 3.38. The predicted octanol–water partition coefficient (Wildman–Crippen LogP) is 5.27. The molecule has 0 bridgehead atoms. The molecule has 6 amide bonds. The second-order valence-electron chi connectivity index (χ2n) is 18.7. The number of hydrogen-bond donors (Lipinski definition) is 6. The van der Waals surface area contributed by atoms with Gasteiger partial charge in [-0.1, -0.05) is 123 Å². The standard InChI is InChI=1S/C54H66N8O6/c1-33(55-3)49(63)57-43(53(67)61-31-17-29-45(61)51(65)59-47-39-23-13-9-19-35(39)36-20-10-14-24-40(36)47)27-7-5-6-8-28-44(58-50(64)34(2)56-4)54(68)62-32-18-30-46(62)52(66)60-48-41-25-15-11-21-37(41)38-22-12-16-26-42(38)48/h9-16,19-26,33-34,43-48,55-56H,5-8,17-18,27-32H2,1-4H3,(H,57,63)(H,58,64)(H,59,65)(H,60,66)/t33-,34-,43-,44-,45-,46-/m0/s1. The van der Waals surface area contributed by atoms with E-state index in [0.29, 0.717) is 77.3 Å². The molecule has 14 nitrogen and oxygen atoms in total. The molecule has 2 saturated heterocycles. The van der Waals surface area contributed by atoms with Crippen molar-refractivity contribution >= 4 is 35.4 Å². The number of likely N-dealkylation sites (N-methyl/N-ethyl adjacent to an activating group) is 2. The normalized spacial score (nSPS) is 18.9. The molecule has 0 saturated carbocycles. The van der Waals surface area contributed by atoms with E-state index in [9.17, 15) is 28.8 Å². The molecule has 0 spiro atoms. The molecule has 0 aromatic heterocycles. The Hall–Kier alpha value is -6.38. The second kappa shape index (κ2) is 21.7. The molecular weight excluding hydrogens is 857 g/mol. The van der Waals surface area contributed by atoms with E-state index in [1.54, 1.807) is 37.7 Å². The van der Waals surface area contributed by atoms with E-state index in [1.165, 1.54) is 0 Å². The Labute approximate surface area is 399 Å². The number of benzene rings is 4. The SMILES string of the molecule is CN[C@@H](C)C(=O)N[C@@H](CCCCCC[C@H](NC(=O)[C@H](C)NC)C(=O)N1CCC[C@H]1C(=O)NC1c2ccccc2-c2ccccc21)C(=O)N1CCC[C@H]1C(=O)NC1c2ccccc2-c2ccccc21. The first kappa shape index (κ1) is 48.1. The molecule has 4 aromatic rings. The maximum atomic E-state index is 14.4. The van der Waals surface area contributed by atoms with Gasteiger partial charge in [0.15, 0.2) is 0 Å². The number of rotatable bonds is 19. The van der Waals surface area contributed by atoms with Gasteiger partial charge < -0.3 is 41.7 Å². The van der Waals surface area contributed by atoms with Gasteiger partial charge in [0.05, 0.1) is 24.2 Å². The van der Waals surface area contributed by atoms with E-state index in [4.69, 9.17) is 0 Å². The lowest BCUT2D eigenvalue weighted by molar-refractivity contribution is -0.142. The first-order valence-electron chi connectivity index (χ1n) is 24.5. The number of nitrogens with one attached hydrogen (secondary N) is 6. The van der Waals surface area contributed by atoms with Crippen LogP contribution in [0.4, 0.5) is 0 Å². The molecule has 6 atom stereocenters. The van der Waals surface area contributed by atoms with Crippen molar-refractivity contribution in [1.29, 1.82) is 0 Å². The Morgan fingerprint density at radius 1 is 0.500 bits per heavy atom. The average molecular weight is 923 g/mol. The van der Waals surface area contributed by atoms with Crippen LogP contribution >= 0.6 is 0 Å². The first-order chi connectivity index (χ1) is 33.0. The summed E-state index contributed by atoms with van der Waals surface area (Å²) >= 11 is 0. The van der Waals surface area contributed by atoms with E-state index in [0.717, 1.165) is 44.5 Å². The zero-order valence-electron chi connectivity index (χ0n) is 39.7. The van der Waals surface area contributed by atoms with Gasteiger partial charge in [-0.15, -0.1) is 0 Å². The van der Waals surface area contributed by atoms with Crippen LogP contribution in [0.3, 0.4) is 0 Å². The molecular formula is C54H66N8O6. The highest BCUT2D eigenvalue weighted by Gasteiger charge is 2.42. The summed E-state index contributed by atoms with van der Waals surface area (Å²) in [5, 5.41) is 18.4. The monoisotopic (exact) mass is 923 g/mol. The van der Waals surface area contributed by atoms with Crippen LogP contribution in [0.25, 0.3) is 22.3 Å². The number of fused-ring (bicyclic) bond motifs is 6. The zero-order valence-corrected chi connectivity index (χ0v) is 39.7. The maximum Gasteiger partial charge on any atom is 0.245 e. The minimum absolute atomic E-state index is 0.215. The van der Waals surface area contributed by atoms with Crippen molar-refractivity contribution in [2.75, 3.05) is 27.2 Å². The van der Waals surface area contributed by atoms with Gasteiger partial charge in [0.25, 0.3) is 0 Å². The number of hydrogen-bond acceptors (Lipinski definition) is 8. The van der Waals surface area contributed by atoms with E-state index in [1.807, 2.05) is 72.8 Å². The fraction of sp³-hybridized carbons (Fsp3) is 0.444. The van der Waals surface area contributed by atoms with Crippen LogP contribution in [0.2, 0.25) is 0 Å². The average Bonchev–Trinajstić information content (AvgIpc) is 4.18. The smallest absolute Gasteiger partial charge is 0.245 e. The van der Waals surface area contributed by atoms with Gasteiger partial charge in [-0.25, -0.2) is 0 Å². The Bertz CT molecular complexity index is 2250. The molecule has 2 aliphatic carbocycles. The highest BCUT2D eigenvalue weighted by molar-refractivity contribution is 5.95. The molecule has 8 rings (SSSR count). The third-order valence-corrected chi connectivity index (χ3v) is 14.5. The Morgan fingerprint density at radius 3 is 1.15 bits per heavy atom. The van der Waals surface area contributed by atoms with Crippen molar-refractivity contribution in [3.05, 3.63) is 119 Å². The van der Waals surface area contributed by atoms with Crippen LogP contribution in [0.5, 0.6) is 0 Å². The quantitative estimate of drug-likeness (QED) is 0.0689. The van der Waals surface area contributed by atoms with Crippen molar-refractivity contribution in [2.24, 2.45) is 0 Å². The second-order valence-corrected chi connectivity index (χ2v) is 18.7. The van der Waals surface area contributed by atoms with E-state index in [-0.39, 0.29) is 47.5 Å². The number of amides is 6. The highest BCUT2D eigenvalue weighted by Crippen LogP contribution is 2.44. The van der Waals surface area contributed by atoms with Gasteiger partial charge in [-0.2, -0.15) is 0 Å². The van der Waals surface area contributed by atoms with Gasteiger partial charge in [-0.05, 0) is 111 Å². The van der Waals surface area contributed by atoms with Crippen LogP contribution in [0.15, 0.2) is 97.1 Å². The van der Waals surface area contributed by atoms with Crippen molar-refractivity contribution in [2.45, 2.75) is 126 Å². The molecule has 2 aliphatic heterocycles. The van der Waals surface area contributed by atoms with Crippen LogP contribution in [-0.2, 0) is 28.8 Å². The van der Waals surface area contributed by atoms with E-state index in [2.05, 4.69) is 56.2 Å². The van der Waals surface area contributed by atoms with Crippen molar-refractivity contribution in [1.82, 2.24) is 41.7 Å². The summed E-state index contributed by atoms with van der Waals surface area (Å²) in [6.07, 6.45) is 5.75. The fourth-order valence-electron chi connectivity index (χ4n) is 10.5. The van der Waals surface area contributed by atoms with Gasteiger partial charge in [0, 0.05) is 13.1 Å². The summed E-state index contributed by atoms with van der Waals surface area (Å²) < 4.78 is 0. The van der Waals surface area contributed by atoms with Crippen molar-refractivity contribution in [3.8, 4) is 22.3 Å². The van der Waals surface area contributed by atoms with Crippen molar-refractivity contribution in [3.63, 3.8) is 0 Å². The molecule has 0 unspecified atom stereocenters. The molecule has 358 valence electrons. The third-order valence-electron chi connectivity index (χ3n) is 14.5. The number of carbonyl (C=O) groups is 6. The predicted molar refractivity (Wildman–Crippen MR) is 262 cm³/mol.